The molecule has 158 valence electrons. The highest BCUT2D eigenvalue weighted by Gasteiger charge is 2.62. The van der Waals surface area contributed by atoms with Crippen LogP contribution in [0.2, 0.25) is 5.02 Å². The molecule has 0 N–H and O–H groups in total. The van der Waals surface area contributed by atoms with Gasteiger partial charge in [-0.25, -0.2) is 0 Å². The number of benzene rings is 1. The average molecular weight is 430 g/mol. The Hall–Kier alpha value is -2.87. The van der Waals surface area contributed by atoms with E-state index in [0.29, 0.717) is 17.3 Å². The van der Waals surface area contributed by atoms with Gasteiger partial charge in [0.15, 0.2) is 0 Å². The Kier molecular flexibility index (Phi) is 5.05. The molecule has 2 aliphatic heterocycles. The molecule has 0 saturated carbocycles. The number of hydrogen-bond acceptors (Lipinski definition) is 4. The maximum absolute atomic E-state index is 13.7. The molecular formula is C21H24ClN5O3. The van der Waals surface area contributed by atoms with Crippen LogP contribution in [0.15, 0.2) is 36.7 Å². The van der Waals surface area contributed by atoms with Gasteiger partial charge in [-0.1, -0.05) is 23.7 Å². The summed E-state index contributed by atoms with van der Waals surface area (Å²) < 4.78 is 1.60. The molecule has 1 spiro atoms. The number of aromatic nitrogens is 2. The average Bonchev–Trinajstić information content (AvgIpc) is 3.27. The first-order chi connectivity index (χ1) is 14.2. The summed E-state index contributed by atoms with van der Waals surface area (Å²) in [5.41, 5.74) is -0.118. The molecule has 2 aromatic rings. The van der Waals surface area contributed by atoms with E-state index in [-0.39, 0.29) is 43.3 Å². The number of anilines is 1. The van der Waals surface area contributed by atoms with E-state index in [2.05, 4.69) is 5.10 Å². The van der Waals surface area contributed by atoms with Gasteiger partial charge in [0.25, 0.3) is 11.8 Å². The lowest BCUT2D eigenvalue weighted by Gasteiger charge is -2.47. The number of piperazine rings is 1. The summed E-state index contributed by atoms with van der Waals surface area (Å²) in [6, 6.07) is 6.90. The fraction of sp³-hybridized carbons (Fsp3) is 0.429. The highest BCUT2D eigenvalue weighted by molar-refractivity contribution is 6.30. The van der Waals surface area contributed by atoms with Gasteiger partial charge in [-0.15, -0.1) is 0 Å². The second-order valence-corrected chi connectivity index (χ2v) is 8.51. The molecule has 8 nitrogen and oxygen atoms in total. The molecule has 0 bridgehead atoms. The predicted octanol–water partition coefficient (Wildman–Crippen LogP) is 1.83. The van der Waals surface area contributed by atoms with Gasteiger partial charge in [0.2, 0.25) is 11.4 Å². The Morgan fingerprint density at radius 2 is 1.83 bits per heavy atom. The first kappa shape index (κ1) is 20.4. The molecule has 2 aliphatic rings. The lowest BCUT2D eigenvalue weighted by molar-refractivity contribution is -0.170. The van der Waals surface area contributed by atoms with Gasteiger partial charge in [-0.3, -0.25) is 19.1 Å². The molecule has 1 unspecified atom stereocenters. The molecule has 3 amide bonds. The van der Waals surface area contributed by atoms with Crippen LogP contribution in [0.25, 0.3) is 0 Å². The zero-order valence-corrected chi connectivity index (χ0v) is 18.0. The van der Waals surface area contributed by atoms with Crippen molar-refractivity contribution >= 4 is 35.0 Å². The fourth-order valence-corrected chi connectivity index (χ4v) is 4.36. The van der Waals surface area contributed by atoms with E-state index in [0.717, 1.165) is 5.56 Å². The van der Waals surface area contributed by atoms with Gasteiger partial charge in [0.1, 0.15) is 6.54 Å². The Balaban J connectivity index is 1.76. The fourth-order valence-electron chi connectivity index (χ4n) is 4.23. The summed E-state index contributed by atoms with van der Waals surface area (Å²) in [5, 5.41) is 4.72. The van der Waals surface area contributed by atoms with Crippen LogP contribution in [0.1, 0.15) is 25.8 Å². The first-order valence-electron chi connectivity index (χ1n) is 9.90. The van der Waals surface area contributed by atoms with Crippen LogP contribution in [-0.2, 0) is 28.0 Å². The van der Waals surface area contributed by atoms with E-state index >= 15 is 0 Å². The Bertz CT molecular complexity index is 1000. The van der Waals surface area contributed by atoms with E-state index in [9.17, 15) is 14.4 Å². The molecule has 1 atom stereocenters. The lowest BCUT2D eigenvalue weighted by Crippen LogP contribution is -2.71. The second kappa shape index (κ2) is 7.43. The molecule has 2 saturated heterocycles. The van der Waals surface area contributed by atoms with Crippen LogP contribution in [-0.4, -0.2) is 62.0 Å². The zero-order valence-electron chi connectivity index (χ0n) is 17.2. The number of carbonyl (C=O) groups excluding carboxylic acids is 3. The molecule has 0 radical (unpaired) electrons. The highest BCUT2D eigenvalue weighted by atomic mass is 35.5. The van der Waals surface area contributed by atoms with Gasteiger partial charge >= 0.3 is 0 Å². The summed E-state index contributed by atoms with van der Waals surface area (Å²) in [7, 11) is 1.77. The third kappa shape index (κ3) is 3.15. The minimum absolute atomic E-state index is 0.0357. The SMILES string of the molecule is CC(C)N1CC(=O)N(Cc2ccc(Cl)cc2)C2(CCN(c3cnn(C)c3)C2=O)C1=O. The van der Waals surface area contributed by atoms with E-state index in [4.69, 9.17) is 11.6 Å². The Labute approximate surface area is 180 Å². The van der Waals surface area contributed by atoms with E-state index in [1.54, 1.807) is 53.3 Å². The number of rotatable bonds is 4. The third-order valence-corrected chi connectivity index (χ3v) is 6.11. The maximum Gasteiger partial charge on any atom is 0.262 e. The van der Waals surface area contributed by atoms with Crippen molar-refractivity contribution in [1.29, 1.82) is 0 Å². The van der Waals surface area contributed by atoms with Crippen molar-refractivity contribution in [3.05, 3.63) is 47.2 Å². The Morgan fingerprint density at radius 1 is 1.13 bits per heavy atom. The number of halogens is 1. The summed E-state index contributed by atoms with van der Waals surface area (Å²) in [6.45, 7) is 4.18. The molecule has 2 fully saturated rings. The number of amides is 3. The van der Waals surface area contributed by atoms with Crippen LogP contribution in [0.3, 0.4) is 0 Å². The second-order valence-electron chi connectivity index (χ2n) is 8.07. The molecule has 0 aliphatic carbocycles. The van der Waals surface area contributed by atoms with E-state index in [1.165, 1.54) is 9.80 Å². The van der Waals surface area contributed by atoms with Gasteiger partial charge in [0, 0.05) is 43.8 Å². The van der Waals surface area contributed by atoms with Crippen molar-refractivity contribution in [1.82, 2.24) is 19.6 Å². The topological polar surface area (TPSA) is 78.8 Å². The minimum Gasteiger partial charge on any atom is -0.328 e. The normalized spacial score (nSPS) is 22.2. The number of aryl methyl sites for hydroxylation is 1. The van der Waals surface area contributed by atoms with Gasteiger partial charge in [0.05, 0.1) is 11.9 Å². The summed E-state index contributed by atoms with van der Waals surface area (Å²) >= 11 is 5.98. The summed E-state index contributed by atoms with van der Waals surface area (Å²) in [4.78, 5) is 45.0. The van der Waals surface area contributed by atoms with Crippen molar-refractivity contribution < 1.29 is 14.4 Å². The largest absolute Gasteiger partial charge is 0.328 e. The molecule has 1 aromatic heterocycles. The van der Waals surface area contributed by atoms with Crippen LogP contribution in [0.4, 0.5) is 5.69 Å². The molecule has 9 heteroatoms. The monoisotopic (exact) mass is 429 g/mol. The molecule has 30 heavy (non-hydrogen) atoms. The van der Waals surface area contributed by atoms with E-state index < -0.39 is 5.54 Å². The zero-order chi connectivity index (χ0) is 21.6. The van der Waals surface area contributed by atoms with Crippen molar-refractivity contribution in [3.8, 4) is 0 Å². The lowest BCUT2D eigenvalue weighted by atomic mass is 9.89. The third-order valence-electron chi connectivity index (χ3n) is 5.86. The summed E-state index contributed by atoms with van der Waals surface area (Å²) in [6.07, 6.45) is 3.56. The van der Waals surface area contributed by atoms with Crippen molar-refractivity contribution in [2.75, 3.05) is 18.0 Å². The predicted molar refractivity (Wildman–Crippen MR) is 112 cm³/mol. The van der Waals surface area contributed by atoms with Crippen LogP contribution < -0.4 is 4.90 Å². The van der Waals surface area contributed by atoms with Gasteiger partial charge in [-0.05, 0) is 31.5 Å². The van der Waals surface area contributed by atoms with Crippen LogP contribution >= 0.6 is 11.6 Å². The Morgan fingerprint density at radius 3 is 2.43 bits per heavy atom. The first-order valence-corrected chi connectivity index (χ1v) is 10.3. The number of carbonyl (C=O) groups is 3. The minimum atomic E-state index is -1.55. The van der Waals surface area contributed by atoms with Gasteiger partial charge in [-0.2, -0.15) is 5.10 Å². The van der Waals surface area contributed by atoms with Crippen molar-refractivity contribution in [2.24, 2.45) is 7.05 Å². The maximum atomic E-state index is 13.7. The van der Waals surface area contributed by atoms with Gasteiger partial charge < -0.3 is 14.7 Å². The smallest absolute Gasteiger partial charge is 0.262 e. The molecule has 4 rings (SSSR count). The standard InChI is InChI=1S/C21H24ClN5O3/c1-14(2)26-13-18(28)27(11-15-4-6-16(22)7-5-15)21(20(26)30)8-9-25(19(21)29)17-10-23-24(3)12-17/h4-7,10,12,14H,8-9,11,13H2,1-3H3. The quantitative estimate of drug-likeness (QED) is 0.694. The number of hydrogen-bond donors (Lipinski definition) is 0. The molecular weight excluding hydrogens is 406 g/mol. The van der Waals surface area contributed by atoms with Crippen molar-refractivity contribution in [3.63, 3.8) is 0 Å². The molecule has 3 heterocycles. The summed E-state index contributed by atoms with van der Waals surface area (Å²) in [5.74, 6) is -0.935. The molecule has 1 aromatic carbocycles. The van der Waals surface area contributed by atoms with Crippen molar-refractivity contribution in [2.45, 2.75) is 38.4 Å². The van der Waals surface area contributed by atoms with Crippen LogP contribution in [0, 0.1) is 0 Å². The highest BCUT2D eigenvalue weighted by Crippen LogP contribution is 2.38. The van der Waals surface area contributed by atoms with E-state index in [1.807, 2.05) is 13.8 Å². The number of nitrogens with zero attached hydrogens (tertiary/aromatic N) is 5. The van der Waals surface area contributed by atoms with Crippen LogP contribution in [0.5, 0.6) is 0 Å².